The highest BCUT2D eigenvalue weighted by molar-refractivity contribution is 5.87. The lowest BCUT2D eigenvalue weighted by Crippen LogP contribution is -2.39. The van der Waals surface area contributed by atoms with E-state index in [4.69, 9.17) is 4.74 Å². The maximum Gasteiger partial charge on any atom is 0.245 e. The fourth-order valence-corrected chi connectivity index (χ4v) is 3.24. The van der Waals surface area contributed by atoms with Gasteiger partial charge in [-0.25, -0.2) is 5.43 Å². The summed E-state index contributed by atoms with van der Waals surface area (Å²) < 4.78 is 5.43. The zero-order valence-corrected chi connectivity index (χ0v) is 12.7. The minimum atomic E-state index is -0.0432. The number of hydrogen-bond acceptors (Lipinski definition) is 4. The van der Waals surface area contributed by atoms with E-state index in [1.54, 1.807) is 7.11 Å². The van der Waals surface area contributed by atoms with Crippen LogP contribution in [0.5, 0.6) is 0 Å². The Morgan fingerprint density at radius 2 is 1.90 bits per heavy atom. The molecule has 2 aliphatic rings. The number of hydrazone groups is 1. The van der Waals surface area contributed by atoms with E-state index < -0.39 is 0 Å². The Labute approximate surface area is 121 Å². The number of methoxy groups -OCH3 is 1. The fourth-order valence-electron chi connectivity index (χ4n) is 3.24. The summed E-state index contributed by atoms with van der Waals surface area (Å²) in [6.07, 6.45) is 6.41. The molecule has 0 aromatic carbocycles. The fraction of sp³-hybridized carbons (Fsp3) is 0.867. The van der Waals surface area contributed by atoms with E-state index in [9.17, 15) is 4.79 Å². The number of hydrogen-bond donors (Lipinski definition) is 2. The van der Waals surface area contributed by atoms with E-state index in [1.165, 1.54) is 0 Å². The molecule has 114 valence electrons. The van der Waals surface area contributed by atoms with Crippen molar-refractivity contribution >= 4 is 11.6 Å². The molecule has 0 bridgehead atoms. The lowest BCUT2D eigenvalue weighted by Gasteiger charge is -2.29. The Bertz CT molecular complexity index is 351. The van der Waals surface area contributed by atoms with Crippen LogP contribution in [0.3, 0.4) is 0 Å². The average molecular weight is 281 g/mol. The highest BCUT2D eigenvalue weighted by atomic mass is 16.5. The highest BCUT2D eigenvalue weighted by Crippen LogP contribution is 2.26. The van der Waals surface area contributed by atoms with Crippen LogP contribution in [0.15, 0.2) is 5.10 Å². The van der Waals surface area contributed by atoms with Gasteiger partial charge in [0, 0.05) is 18.7 Å². The van der Waals surface area contributed by atoms with Crippen LogP contribution in [0, 0.1) is 11.8 Å². The van der Waals surface area contributed by atoms with Crippen LogP contribution < -0.4 is 10.7 Å². The third-order valence-electron chi connectivity index (χ3n) is 4.61. The Morgan fingerprint density at radius 1 is 1.20 bits per heavy atom. The molecule has 1 aliphatic carbocycles. The predicted molar refractivity (Wildman–Crippen MR) is 79.6 cm³/mol. The second kappa shape index (κ2) is 7.74. The molecule has 0 aromatic heterocycles. The molecule has 2 rings (SSSR count). The molecule has 1 amide bonds. The maximum atomic E-state index is 12.2. The van der Waals surface area contributed by atoms with Crippen molar-refractivity contribution in [3.63, 3.8) is 0 Å². The van der Waals surface area contributed by atoms with Gasteiger partial charge in [0.05, 0.1) is 12.0 Å². The molecule has 5 heteroatoms. The van der Waals surface area contributed by atoms with Gasteiger partial charge in [0.15, 0.2) is 0 Å². The molecule has 1 heterocycles. The van der Waals surface area contributed by atoms with Crippen LogP contribution in [0.25, 0.3) is 0 Å². The molecule has 0 radical (unpaired) electrons. The van der Waals surface area contributed by atoms with E-state index in [-0.39, 0.29) is 17.9 Å². The largest absolute Gasteiger partial charge is 0.381 e. The van der Waals surface area contributed by atoms with Gasteiger partial charge in [0.25, 0.3) is 0 Å². The monoisotopic (exact) mass is 281 g/mol. The van der Waals surface area contributed by atoms with Crippen LogP contribution in [-0.4, -0.2) is 37.9 Å². The first-order valence-electron chi connectivity index (χ1n) is 7.80. The van der Waals surface area contributed by atoms with Gasteiger partial charge < -0.3 is 10.1 Å². The molecular formula is C15H27N3O2. The second-order valence-electron chi connectivity index (χ2n) is 5.92. The van der Waals surface area contributed by atoms with Crippen LogP contribution >= 0.6 is 0 Å². The summed E-state index contributed by atoms with van der Waals surface area (Å²) in [5.41, 5.74) is 3.81. The smallest absolute Gasteiger partial charge is 0.245 e. The van der Waals surface area contributed by atoms with Crippen LogP contribution in [0.2, 0.25) is 0 Å². The molecule has 1 saturated heterocycles. The van der Waals surface area contributed by atoms with Crippen molar-refractivity contribution < 1.29 is 9.53 Å². The van der Waals surface area contributed by atoms with Gasteiger partial charge >= 0.3 is 0 Å². The van der Waals surface area contributed by atoms with Gasteiger partial charge in [-0.1, -0.05) is 12.8 Å². The standard InChI is InChI=1S/C15H27N3O2/c1-11(12-7-9-16-10-8-12)17-18-15(19)13-5-3-4-6-14(13)20-2/h12-14,16H,3-10H2,1-2H3,(H,18,19)/b17-11-. The van der Waals surface area contributed by atoms with E-state index >= 15 is 0 Å². The van der Waals surface area contributed by atoms with Crippen molar-refractivity contribution in [2.45, 2.75) is 51.6 Å². The Balaban J connectivity index is 1.86. The van der Waals surface area contributed by atoms with Crippen molar-refractivity contribution in [3.8, 4) is 0 Å². The molecule has 0 aromatic rings. The van der Waals surface area contributed by atoms with E-state index in [1.807, 2.05) is 6.92 Å². The number of ether oxygens (including phenoxy) is 1. The van der Waals surface area contributed by atoms with E-state index in [0.29, 0.717) is 5.92 Å². The normalized spacial score (nSPS) is 29.2. The Hall–Kier alpha value is -0.940. The predicted octanol–water partition coefficient (Wildman–Crippen LogP) is 1.68. The first-order valence-corrected chi connectivity index (χ1v) is 7.80. The summed E-state index contributed by atoms with van der Waals surface area (Å²) in [4.78, 5) is 12.2. The van der Waals surface area contributed by atoms with Gasteiger partial charge in [-0.15, -0.1) is 0 Å². The number of rotatable bonds is 4. The number of carbonyl (C=O) groups is 1. The van der Waals surface area contributed by atoms with Crippen molar-refractivity contribution in [2.24, 2.45) is 16.9 Å². The molecule has 2 atom stereocenters. The zero-order chi connectivity index (χ0) is 14.4. The van der Waals surface area contributed by atoms with Crippen molar-refractivity contribution in [2.75, 3.05) is 20.2 Å². The quantitative estimate of drug-likeness (QED) is 0.609. The number of amides is 1. The Kier molecular flexibility index (Phi) is 5.98. The topological polar surface area (TPSA) is 62.7 Å². The summed E-state index contributed by atoms with van der Waals surface area (Å²) in [7, 11) is 1.69. The van der Waals surface area contributed by atoms with Gasteiger partial charge in [0.2, 0.25) is 5.91 Å². The maximum absolute atomic E-state index is 12.2. The van der Waals surface area contributed by atoms with Crippen molar-refractivity contribution in [1.29, 1.82) is 0 Å². The van der Waals surface area contributed by atoms with Crippen LogP contribution in [0.4, 0.5) is 0 Å². The molecule has 1 aliphatic heterocycles. The van der Waals surface area contributed by atoms with Crippen LogP contribution in [-0.2, 0) is 9.53 Å². The van der Waals surface area contributed by atoms with Gasteiger partial charge in [-0.05, 0) is 45.7 Å². The van der Waals surface area contributed by atoms with Crippen LogP contribution in [0.1, 0.15) is 45.4 Å². The summed E-state index contributed by atoms with van der Waals surface area (Å²) in [5.74, 6) is 0.476. The van der Waals surface area contributed by atoms with Gasteiger partial charge in [-0.2, -0.15) is 5.10 Å². The summed E-state index contributed by atoms with van der Waals surface area (Å²) in [5, 5.41) is 7.67. The first kappa shape index (κ1) is 15.4. The molecule has 5 nitrogen and oxygen atoms in total. The van der Waals surface area contributed by atoms with E-state index in [0.717, 1.165) is 57.3 Å². The van der Waals surface area contributed by atoms with Crippen molar-refractivity contribution in [1.82, 2.24) is 10.7 Å². The van der Waals surface area contributed by atoms with Gasteiger partial charge in [-0.3, -0.25) is 4.79 Å². The first-order chi connectivity index (χ1) is 9.72. The molecule has 2 unspecified atom stereocenters. The lowest BCUT2D eigenvalue weighted by atomic mass is 9.86. The summed E-state index contributed by atoms with van der Waals surface area (Å²) in [6.45, 7) is 4.10. The molecule has 0 spiro atoms. The number of nitrogens with zero attached hydrogens (tertiary/aromatic N) is 1. The number of carbonyl (C=O) groups excluding carboxylic acids is 1. The average Bonchev–Trinajstić information content (AvgIpc) is 2.53. The zero-order valence-electron chi connectivity index (χ0n) is 12.7. The highest BCUT2D eigenvalue weighted by Gasteiger charge is 2.31. The minimum Gasteiger partial charge on any atom is -0.381 e. The lowest BCUT2D eigenvalue weighted by molar-refractivity contribution is -0.131. The molecule has 2 fully saturated rings. The van der Waals surface area contributed by atoms with Crippen molar-refractivity contribution in [3.05, 3.63) is 0 Å². The number of piperidine rings is 1. The molecule has 2 N–H and O–H groups in total. The SMILES string of the molecule is COC1CCCCC1C(=O)N/N=C(/C)C1CCNCC1. The Morgan fingerprint density at radius 3 is 2.60 bits per heavy atom. The summed E-state index contributed by atoms with van der Waals surface area (Å²) in [6, 6.07) is 0. The third-order valence-corrected chi connectivity index (χ3v) is 4.61. The number of nitrogens with one attached hydrogen (secondary N) is 2. The molecular weight excluding hydrogens is 254 g/mol. The van der Waals surface area contributed by atoms with Gasteiger partial charge in [0.1, 0.15) is 0 Å². The second-order valence-corrected chi connectivity index (χ2v) is 5.92. The van der Waals surface area contributed by atoms with E-state index in [2.05, 4.69) is 15.8 Å². The molecule has 1 saturated carbocycles. The third kappa shape index (κ3) is 4.03. The molecule has 20 heavy (non-hydrogen) atoms. The minimum absolute atomic E-state index is 0.0184. The summed E-state index contributed by atoms with van der Waals surface area (Å²) >= 11 is 0.